The standard InChI is InChI=1S/C10H18N4O/c1-11-7-9-12-13-10(15)14(9)8-5-3-2-4-6-8/h8,11H,2-7H2,1H3,(H,13,15). The summed E-state index contributed by atoms with van der Waals surface area (Å²) in [4.78, 5) is 11.6. The van der Waals surface area contributed by atoms with Gasteiger partial charge in [-0.1, -0.05) is 19.3 Å². The van der Waals surface area contributed by atoms with Crippen molar-refractivity contribution in [3.8, 4) is 0 Å². The molecule has 1 saturated carbocycles. The van der Waals surface area contributed by atoms with Crippen LogP contribution in [0.1, 0.15) is 44.0 Å². The molecule has 1 heterocycles. The molecule has 5 heteroatoms. The molecule has 5 nitrogen and oxygen atoms in total. The summed E-state index contributed by atoms with van der Waals surface area (Å²) in [5.74, 6) is 0.828. The van der Waals surface area contributed by atoms with Crippen LogP contribution >= 0.6 is 0 Å². The van der Waals surface area contributed by atoms with E-state index in [4.69, 9.17) is 0 Å². The number of H-pyrrole nitrogens is 1. The number of aromatic nitrogens is 3. The second-order valence-corrected chi connectivity index (χ2v) is 4.14. The average molecular weight is 210 g/mol. The van der Waals surface area contributed by atoms with Crippen molar-refractivity contribution in [2.75, 3.05) is 7.05 Å². The fourth-order valence-electron chi connectivity index (χ4n) is 2.34. The van der Waals surface area contributed by atoms with E-state index < -0.39 is 0 Å². The molecule has 1 aliphatic carbocycles. The zero-order valence-electron chi connectivity index (χ0n) is 9.12. The third kappa shape index (κ3) is 2.12. The number of hydrogen-bond donors (Lipinski definition) is 2. The minimum Gasteiger partial charge on any atom is -0.313 e. The first-order chi connectivity index (χ1) is 7.33. The van der Waals surface area contributed by atoms with E-state index >= 15 is 0 Å². The third-order valence-corrected chi connectivity index (χ3v) is 3.05. The molecule has 84 valence electrons. The van der Waals surface area contributed by atoms with E-state index in [0.717, 1.165) is 18.7 Å². The summed E-state index contributed by atoms with van der Waals surface area (Å²) in [6.07, 6.45) is 5.96. The van der Waals surface area contributed by atoms with Crippen molar-refractivity contribution < 1.29 is 0 Å². The molecule has 1 aliphatic rings. The lowest BCUT2D eigenvalue weighted by Gasteiger charge is -2.23. The van der Waals surface area contributed by atoms with Gasteiger partial charge in [0.15, 0.2) is 0 Å². The first-order valence-electron chi connectivity index (χ1n) is 5.63. The highest BCUT2D eigenvalue weighted by Crippen LogP contribution is 2.27. The van der Waals surface area contributed by atoms with Crippen molar-refractivity contribution in [3.05, 3.63) is 16.3 Å². The number of hydrogen-bond acceptors (Lipinski definition) is 3. The molecule has 15 heavy (non-hydrogen) atoms. The molecule has 0 radical (unpaired) electrons. The van der Waals surface area contributed by atoms with Gasteiger partial charge in [-0.3, -0.25) is 4.57 Å². The van der Waals surface area contributed by atoms with Gasteiger partial charge in [0.05, 0.1) is 6.54 Å². The van der Waals surface area contributed by atoms with Crippen LogP contribution in [-0.4, -0.2) is 21.8 Å². The van der Waals surface area contributed by atoms with E-state index in [0.29, 0.717) is 12.6 Å². The molecule has 1 aromatic rings. The Labute approximate surface area is 88.9 Å². The molecular weight excluding hydrogens is 192 g/mol. The minimum absolute atomic E-state index is 0.0628. The third-order valence-electron chi connectivity index (χ3n) is 3.05. The van der Waals surface area contributed by atoms with Gasteiger partial charge in [-0.25, -0.2) is 9.89 Å². The van der Waals surface area contributed by atoms with E-state index in [-0.39, 0.29) is 5.69 Å². The summed E-state index contributed by atoms with van der Waals surface area (Å²) in [5.41, 5.74) is -0.0628. The Morgan fingerprint density at radius 1 is 1.47 bits per heavy atom. The van der Waals surface area contributed by atoms with E-state index in [9.17, 15) is 4.79 Å². The van der Waals surface area contributed by atoms with Gasteiger partial charge < -0.3 is 5.32 Å². The van der Waals surface area contributed by atoms with Crippen LogP contribution in [0.3, 0.4) is 0 Å². The Bertz CT molecular complexity index is 362. The monoisotopic (exact) mass is 210 g/mol. The van der Waals surface area contributed by atoms with Gasteiger partial charge in [-0.05, 0) is 19.9 Å². The molecule has 0 amide bonds. The molecule has 0 spiro atoms. The average Bonchev–Trinajstić information content (AvgIpc) is 2.62. The van der Waals surface area contributed by atoms with Crippen molar-refractivity contribution in [1.82, 2.24) is 20.1 Å². The maximum absolute atomic E-state index is 11.6. The van der Waals surface area contributed by atoms with Crippen LogP contribution in [0.5, 0.6) is 0 Å². The maximum Gasteiger partial charge on any atom is 0.343 e. The molecule has 1 aromatic heterocycles. The number of nitrogens with zero attached hydrogens (tertiary/aromatic N) is 2. The predicted molar refractivity (Wildman–Crippen MR) is 57.7 cm³/mol. The summed E-state index contributed by atoms with van der Waals surface area (Å²) < 4.78 is 1.83. The largest absolute Gasteiger partial charge is 0.343 e. The van der Waals surface area contributed by atoms with Gasteiger partial charge in [0.1, 0.15) is 5.82 Å². The van der Waals surface area contributed by atoms with Crippen molar-refractivity contribution in [2.24, 2.45) is 0 Å². The zero-order valence-corrected chi connectivity index (χ0v) is 9.12. The summed E-state index contributed by atoms with van der Waals surface area (Å²) in [5, 5.41) is 9.61. The highest BCUT2D eigenvalue weighted by Gasteiger charge is 2.20. The Morgan fingerprint density at radius 2 is 2.20 bits per heavy atom. The van der Waals surface area contributed by atoms with E-state index in [2.05, 4.69) is 15.5 Å². The molecule has 0 atom stereocenters. The quantitative estimate of drug-likeness (QED) is 0.775. The Kier molecular flexibility index (Phi) is 3.20. The minimum atomic E-state index is -0.0628. The highest BCUT2D eigenvalue weighted by atomic mass is 16.1. The zero-order chi connectivity index (χ0) is 10.7. The second-order valence-electron chi connectivity index (χ2n) is 4.14. The van der Waals surface area contributed by atoms with Crippen molar-refractivity contribution in [2.45, 2.75) is 44.7 Å². The van der Waals surface area contributed by atoms with Crippen LogP contribution in [0.2, 0.25) is 0 Å². The van der Waals surface area contributed by atoms with Gasteiger partial charge in [0, 0.05) is 6.04 Å². The fourth-order valence-corrected chi connectivity index (χ4v) is 2.34. The topological polar surface area (TPSA) is 62.7 Å². The molecule has 0 aromatic carbocycles. The van der Waals surface area contributed by atoms with E-state index in [1.54, 1.807) is 0 Å². The molecule has 0 saturated heterocycles. The molecular formula is C10H18N4O. The number of rotatable bonds is 3. The lowest BCUT2D eigenvalue weighted by atomic mass is 9.95. The predicted octanol–water partition coefficient (Wildman–Crippen LogP) is 0.796. The summed E-state index contributed by atoms with van der Waals surface area (Å²) >= 11 is 0. The highest BCUT2D eigenvalue weighted by molar-refractivity contribution is 4.90. The van der Waals surface area contributed by atoms with Crippen LogP contribution in [0, 0.1) is 0 Å². The van der Waals surface area contributed by atoms with Gasteiger partial charge in [0.2, 0.25) is 0 Å². The Balaban J connectivity index is 2.24. The lowest BCUT2D eigenvalue weighted by Crippen LogP contribution is -2.27. The van der Waals surface area contributed by atoms with E-state index in [1.807, 2.05) is 11.6 Å². The van der Waals surface area contributed by atoms with Crippen LogP contribution < -0.4 is 11.0 Å². The van der Waals surface area contributed by atoms with Gasteiger partial charge >= 0.3 is 5.69 Å². The Hall–Kier alpha value is -1.10. The summed E-state index contributed by atoms with van der Waals surface area (Å²) in [7, 11) is 1.87. The first-order valence-corrected chi connectivity index (χ1v) is 5.63. The van der Waals surface area contributed by atoms with Crippen LogP contribution in [0.15, 0.2) is 4.79 Å². The van der Waals surface area contributed by atoms with Crippen molar-refractivity contribution in [1.29, 1.82) is 0 Å². The number of nitrogens with one attached hydrogen (secondary N) is 2. The maximum atomic E-state index is 11.6. The van der Waals surface area contributed by atoms with Crippen molar-refractivity contribution >= 4 is 0 Å². The molecule has 2 N–H and O–H groups in total. The second kappa shape index (κ2) is 4.61. The van der Waals surface area contributed by atoms with Gasteiger partial charge in [-0.15, -0.1) is 0 Å². The first kappa shape index (κ1) is 10.4. The SMILES string of the molecule is CNCc1n[nH]c(=O)n1C1CCCCC1. The molecule has 2 rings (SSSR count). The van der Waals surface area contributed by atoms with Crippen LogP contribution in [0.25, 0.3) is 0 Å². The fraction of sp³-hybridized carbons (Fsp3) is 0.800. The smallest absolute Gasteiger partial charge is 0.313 e. The molecule has 0 unspecified atom stereocenters. The van der Waals surface area contributed by atoms with Crippen molar-refractivity contribution in [3.63, 3.8) is 0 Å². The molecule has 0 bridgehead atoms. The summed E-state index contributed by atoms with van der Waals surface area (Å²) in [6.45, 7) is 0.648. The lowest BCUT2D eigenvalue weighted by molar-refractivity contribution is 0.338. The van der Waals surface area contributed by atoms with Crippen LogP contribution in [0.4, 0.5) is 0 Å². The van der Waals surface area contributed by atoms with Gasteiger partial charge in [-0.2, -0.15) is 5.10 Å². The van der Waals surface area contributed by atoms with Gasteiger partial charge in [0.25, 0.3) is 0 Å². The van der Waals surface area contributed by atoms with E-state index in [1.165, 1.54) is 19.3 Å². The normalized spacial score (nSPS) is 18.2. The molecule has 1 fully saturated rings. The Morgan fingerprint density at radius 3 is 2.87 bits per heavy atom. The van der Waals surface area contributed by atoms with Crippen LogP contribution in [-0.2, 0) is 6.54 Å². The number of aromatic amines is 1. The molecule has 0 aliphatic heterocycles. The summed E-state index contributed by atoms with van der Waals surface area (Å²) in [6, 6.07) is 0.355.